The van der Waals surface area contributed by atoms with Gasteiger partial charge in [0.05, 0.1) is 0 Å². The molecule has 5 heteroatoms. The van der Waals surface area contributed by atoms with Gasteiger partial charge < -0.3 is 14.5 Å². The molecule has 0 aliphatic heterocycles. The zero-order chi connectivity index (χ0) is 17.1. The standard InChI is InChI=1S/C19H19NO4/c1-3-23-19(24-4-2)17(21)12-9-10-16-14(11-12)18(22)13-7-5-6-8-15(13)20-16/h5-11,19H,3-4H2,1-2H3,(H,20,22). The molecule has 1 N–H and O–H groups in total. The average molecular weight is 325 g/mol. The van der Waals surface area contributed by atoms with Crippen LogP contribution in [0.4, 0.5) is 0 Å². The van der Waals surface area contributed by atoms with E-state index in [4.69, 9.17) is 9.47 Å². The minimum absolute atomic E-state index is 0.0987. The molecule has 3 rings (SSSR count). The van der Waals surface area contributed by atoms with E-state index in [2.05, 4.69) is 4.98 Å². The molecule has 0 unspecified atom stereocenters. The maximum Gasteiger partial charge on any atom is 0.222 e. The quantitative estimate of drug-likeness (QED) is 0.429. The van der Waals surface area contributed by atoms with Gasteiger partial charge in [0.15, 0.2) is 5.43 Å². The number of nitrogens with one attached hydrogen (secondary N) is 1. The number of H-pyrrole nitrogens is 1. The number of para-hydroxylation sites is 1. The molecule has 24 heavy (non-hydrogen) atoms. The van der Waals surface area contributed by atoms with Crippen molar-refractivity contribution < 1.29 is 14.3 Å². The fraction of sp³-hybridized carbons (Fsp3) is 0.263. The molecule has 0 saturated heterocycles. The summed E-state index contributed by atoms with van der Waals surface area (Å²) in [5, 5.41) is 1.08. The molecule has 0 radical (unpaired) electrons. The molecule has 0 atom stereocenters. The number of carbonyl (C=O) groups is 1. The number of hydrogen-bond donors (Lipinski definition) is 1. The lowest BCUT2D eigenvalue weighted by molar-refractivity contribution is -0.107. The minimum Gasteiger partial charge on any atom is -0.354 e. The molecule has 0 bridgehead atoms. The third-order valence-corrected chi connectivity index (χ3v) is 3.84. The fourth-order valence-electron chi connectivity index (χ4n) is 2.71. The summed E-state index contributed by atoms with van der Waals surface area (Å²) in [6.45, 7) is 4.34. The third-order valence-electron chi connectivity index (χ3n) is 3.84. The van der Waals surface area contributed by atoms with Crippen LogP contribution in [-0.4, -0.2) is 30.3 Å². The van der Waals surface area contributed by atoms with E-state index in [0.717, 1.165) is 5.52 Å². The van der Waals surface area contributed by atoms with Gasteiger partial charge in [0.2, 0.25) is 12.1 Å². The fourth-order valence-corrected chi connectivity index (χ4v) is 2.71. The number of benzene rings is 2. The molecular formula is C19H19NO4. The molecule has 1 heterocycles. The molecule has 5 nitrogen and oxygen atoms in total. The van der Waals surface area contributed by atoms with Crippen molar-refractivity contribution in [2.45, 2.75) is 20.1 Å². The Balaban J connectivity index is 2.10. The molecule has 0 aliphatic rings. The van der Waals surface area contributed by atoms with Crippen LogP contribution in [0.15, 0.2) is 47.3 Å². The van der Waals surface area contributed by atoms with Crippen molar-refractivity contribution in [3.05, 3.63) is 58.3 Å². The van der Waals surface area contributed by atoms with E-state index < -0.39 is 6.29 Å². The molecule has 124 valence electrons. The van der Waals surface area contributed by atoms with Gasteiger partial charge in [-0.05, 0) is 44.2 Å². The second-order valence-electron chi connectivity index (χ2n) is 5.37. The lowest BCUT2D eigenvalue weighted by Gasteiger charge is -2.15. The van der Waals surface area contributed by atoms with E-state index in [-0.39, 0.29) is 11.2 Å². The highest BCUT2D eigenvalue weighted by Crippen LogP contribution is 2.17. The van der Waals surface area contributed by atoms with Crippen LogP contribution in [0.25, 0.3) is 21.8 Å². The molecule has 0 fully saturated rings. The largest absolute Gasteiger partial charge is 0.354 e. The number of hydrogen-bond acceptors (Lipinski definition) is 4. The van der Waals surface area contributed by atoms with E-state index in [1.165, 1.54) is 0 Å². The van der Waals surface area contributed by atoms with E-state index in [9.17, 15) is 9.59 Å². The highest BCUT2D eigenvalue weighted by Gasteiger charge is 2.21. The Hall–Kier alpha value is -2.50. The monoisotopic (exact) mass is 325 g/mol. The Morgan fingerprint density at radius 1 is 1.00 bits per heavy atom. The average Bonchev–Trinajstić information content (AvgIpc) is 2.61. The van der Waals surface area contributed by atoms with E-state index >= 15 is 0 Å². The van der Waals surface area contributed by atoms with Crippen molar-refractivity contribution in [2.75, 3.05) is 13.2 Å². The van der Waals surface area contributed by atoms with Gasteiger partial charge in [-0.1, -0.05) is 12.1 Å². The number of ether oxygens (including phenoxy) is 2. The van der Waals surface area contributed by atoms with Gasteiger partial charge in [-0.25, -0.2) is 0 Å². The van der Waals surface area contributed by atoms with Gasteiger partial charge >= 0.3 is 0 Å². The van der Waals surface area contributed by atoms with Crippen LogP contribution >= 0.6 is 0 Å². The van der Waals surface area contributed by atoms with Gasteiger partial charge in [-0.3, -0.25) is 9.59 Å². The number of Topliss-reactive ketones (excluding diaryl/α,β-unsaturated/α-hetero) is 1. The molecular weight excluding hydrogens is 306 g/mol. The number of carbonyl (C=O) groups excluding carboxylic acids is 1. The minimum atomic E-state index is -0.947. The number of ketones is 1. The van der Waals surface area contributed by atoms with E-state index in [1.54, 1.807) is 38.1 Å². The molecule has 3 aromatic rings. The number of fused-ring (bicyclic) bond motifs is 2. The third kappa shape index (κ3) is 2.96. The van der Waals surface area contributed by atoms with Crippen molar-refractivity contribution >= 4 is 27.6 Å². The van der Waals surface area contributed by atoms with Crippen molar-refractivity contribution in [3.63, 3.8) is 0 Å². The Morgan fingerprint density at radius 2 is 1.67 bits per heavy atom. The zero-order valence-electron chi connectivity index (χ0n) is 13.7. The molecule has 1 aromatic heterocycles. The summed E-state index contributed by atoms with van der Waals surface area (Å²) in [6.07, 6.45) is -0.947. The second kappa shape index (κ2) is 6.95. The molecule has 0 saturated carbocycles. The first kappa shape index (κ1) is 16.4. The van der Waals surface area contributed by atoms with Crippen LogP contribution in [0, 0.1) is 0 Å². The van der Waals surface area contributed by atoms with E-state index in [1.807, 2.05) is 18.2 Å². The van der Waals surface area contributed by atoms with Gasteiger partial charge in [-0.2, -0.15) is 0 Å². The van der Waals surface area contributed by atoms with Crippen LogP contribution in [0.1, 0.15) is 24.2 Å². The van der Waals surface area contributed by atoms with E-state index in [0.29, 0.717) is 35.1 Å². The number of aromatic nitrogens is 1. The Morgan fingerprint density at radius 3 is 2.38 bits per heavy atom. The topological polar surface area (TPSA) is 68.4 Å². The van der Waals surface area contributed by atoms with Crippen LogP contribution in [-0.2, 0) is 9.47 Å². The predicted octanol–water partition coefficient (Wildman–Crippen LogP) is 3.26. The summed E-state index contributed by atoms with van der Waals surface area (Å²) in [5.41, 5.74) is 1.77. The maximum atomic E-state index is 12.7. The summed E-state index contributed by atoms with van der Waals surface area (Å²) in [4.78, 5) is 28.5. The van der Waals surface area contributed by atoms with Gasteiger partial charge in [0.25, 0.3) is 0 Å². The lowest BCUT2D eigenvalue weighted by atomic mass is 10.0. The molecule has 0 amide bonds. The van der Waals surface area contributed by atoms with Crippen LogP contribution in [0.2, 0.25) is 0 Å². The SMILES string of the molecule is CCOC(OCC)C(=O)c1ccc2[nH]c3ccccc3c(=O)c2c1. The first-order valence-electron chi connectivity index (χ1n) is 7.98. The number of pyridine rings is 1. The predicted molar refractivity (Wildman–Crippen MR) is 93.4 cm³/mol. The van der Waals surface area contributed by atoms with Crippen molar-refractivity contribution in [1.29, 1.82) is 0 Å². The smallest absolute Gasteiger partial charge is 0.222 e. The Bertz CT molecular complexity index is 939. The maximum absolute atomic E-state index is 12.7. The van der Waals surface area contributed by atoms with Crippen molar-refractivity contribution in [2.24, 2.45) is 0 Å². The number of rotatable bonds is 6. The Labute approximate surface area is 139 Å². The highest BCUT2D eigenvalue weighted by molar-refractivity contribution is 6.02. The number of aromatic amines is 1. The first-order valence-corrected chi connectivity index (χ1v) is 7.98. The van der Waals surface area contributed by atoms with Crippen molar-refractivity contribution in [1.82, 2.24) is 4.98 Å². The molecule has 0 aliphatic carbocycles. The van der Waals surface area contributed by atoms with Crippen LogP contribution < -0.4 is 5.43 Å². The van der Waals surface area contributed by atoms with Crippen LogP contribution in [0.5, 0.6) is 0 Å². The summed E-state index contributed by atoms with van der Waals surface area (Å²) in [6, 6.07) is 12.3. The summed E-state index contributed by atoms with van der Waals surface area (Å²) < 4.78 is 10.7. The normalized spacial score (nSPS) is 11.5. The lowest BCUT2D eigenvalue weighted by Crippen LogP contribution is -2.28. The first-order chi connectivity index (χ1) is 11.7. The summed E-state index contributed by atoms with van der Waals surface area (Å²) >= 11 is 0. The molecule has 2 aromatic carbocycles. The van der Waals surface area contributed by atoms with Crippen LogP contribution in [0.3, 0.4) is 0 Å². The summed E-state index contributed by atoms with van der Waals surface area (Å²) in [5.74, 6) is -0.284. The van der Waals surface area contributed by atoms with Gasteiger partial charge in [0.1, 0.15) is 0 Å². The Kier molecular flexibility index (Phi) is 4.74. The van der Waals surface area contributed by atoms with Crippen molar-refractivity contribution in [3.8, 4) is 0 Å². The van der Waals surface area contributed by atoms with Gasteiger partial charge in [0, 0.05) is 40.6 Å². The molecule has 0 spiro atoms. The second-order valence-corrected chi connectivity index (χ2v) is 5.37. The summed E-state index contributed by atoms with van der Waals surface area (Å²) in [7, 11) is 0. The van der Waals surface area contributed by atoms with Gasteiger partial charge in [-0.15, -0.1) is 0 Å². The highest BCUT2D eigenvalue weighted by atomic mass is 16.7. The zero-order valence-corrected chi connectivity index (χ0v) is 13.7.